The minimum atomic E-state index is -0.928. The van der Waals surface area contributed by atoms with Crippen molar-refractivity contribution >= 4 is 28.3 Å². The third kappa shape index (κ3) is 5.13. The average molecular weight is 391 g/mol. The van der Waals surface area contributed by atoms with Crippen LogP contribution in [0.2, 0.25) is 0 Å². The molecule has 0 aromatic heterocycles. The van der Waals surface area contributed by atoms with Crippen LogP contribution in [0.15, 0.2) is 54.6 Å². The smallest absolute Gasteiger partial charge is 0.344 e. The van der Waals surface area contributed by atoms with Gasteiger partial charge in [-0.2, -0.15) is 0 Å². The molecule has 3 aromatic carbocycles. The highest BCUT2D eigenvalue weighted by Gasteiger charge is 2.19. The second kappa shape index (κ2) is 8.78. The molecule has 29 heavy (non-hydrogen) atoms. The van der Waals surface area contributed by atoms with Crippen molar-refractivity contribution in [3.8, 4) is 5.75 Å². The molecule has 1 amide bonds. The van der Waals surface area contributed by atoms with E-state index >= 15 is 0 Å². The predicted octanol–water partition coefficient (Wildman–Crippen LogP) is 4.71. The lowest BCUT2D eigenvalue weighted by atomic mass is 10.0. The molecule has 0 aliphatic rings. The number of fused-ring (bicyclic) bond motifs is 1. The molecular formula is C24H25NO4. The summed E-state index contributed by atoms with van der Waals surface area (Å²) in [7, 11) is 0. The number of carbonyl (C=O) groups excluding carboxylic acids is 2. The molecule has 150 valence electrons. The van der Waals surface area contributed by atoms with Crippen LogP contribution in [0.5, 0.6) is 5.75 Å². The Kier molecular flexibility index (Phi) is 6.17. The second-order valence-electron chi connectivity index (χ2n) is 7.19. The molecule has 5 nitrogen and oxygen atoms in total. The number of carbonyl (C=O) groups is 2. The maximum absolute atomic E-state index is 12.4. The van der Waals surface area contributed by atoms with Gasteiger partial charge in [-0.15, -0.1) is 0 Å². The topological polar surface area (TPSA) is 64.6 Å². The first kappa shape index (κ1) is 20.4. The lowest BCUT2D eigenvalue weighted by Gasteiger charge is -2.17. The number of esters is 1. The number of hydrogen-bond donors (Lipinski definition) is 1. The Morgan fingerprint density at radius 3 is 2.28 bits per heavy atom. The van der Waals surface area contributed by atoms with Crippen LogP contribution in [0, 0.1) is 20.8 Å². The largest absolute Gasteiger partial charge is 0.482 e. The standard InChI is InChI=1S/C24H25NO4/c1-15-11-16(2)23(17(3)12-15)25-24(27)18(4)29-22(26)14-28-21-10-9-19-7-5-6-8-20(19)13-21/h5-13,18H,14H2,1-4H3,(H,25,27). The van der Waals surface area contributed by atoms with Crippen LogP contribution < -0.4 is 10.1 Å². The molecule has 0 spiro atoms. The third-order valence-corrected chi connectivity index (χ3v) is 4.68. The van der Waals surface area contributed by atoms with Crippen molar-refractivity contribution in [2.75, 3.05) is 11.9 Å². The fraction of sp³-hybridized carbons (Fsp3) is 0.250. The predicted molar refractivity (Wildman–Crippen MR) is 114 cm³/mol. The lowest BCUT2D eigenvalue weighted by Crippen LogP contribution is -2.32. The Morgan fingerprint density at radius 1 is 0.931 bits per heavy atom. The Balaban J connectivity index is 1.55. The lowest BCUT2D eigenvalue weighted by molar-refractivity contribution is -0.155. The molecule has 0 bridgehead atoms. The summed E-state index contributed by atoms with van der Waals surface area (Å²) in [5, 5.41) is 4.96. The van der Waals surface area contributed by atoms with Crippen molar-refractivity contribution in [1.29, 1.82) is 0 Å². The van der Waals surface area contributed by atoms with Gasteiger partial charge >= 0.3 is 5.97 Å². The summed E-state index contributed by atoms with van der Waals surface area (Å²) < 4.78 is 10.7. The molecule has 1 N–H and O–H groups in total. The van der Waals surface area contributed by atoms with E-state index in [0.717, 1.165) is 33.2 Å². The molecule has 5 heteroatoms. The fourth-order valence-corrected chi connectivity index (χ4v) is 3.29. The van der Waals surface area contributed by atoms with Crippen LogP contribution in [-0.4, -0.2) is 24.6 Å². The van der Waals surface area contributed by atoms with E-state index in [9.17, 15) is 9.59 Å². The van der Waals surface area contributed by atoms with Gasteiger partial charge in [0, 0.05) is 5.69 Å². The van der Waals surface area contributed by atoms with E-state index in [1.165, 1.54) is 0 Å². The Morgan fingerprint density at radius 2 is 1.59 bits per heavy atom. The number of rotatable bonds is 6. The van der Waals surface area contributed by atoms with E-state index in [0.29, 0.717) is 5.75 Å². The summed E-state index contributed by atoms with van der Waals surface area (Å²) in [5.41, 5.74) is 3.81. The zero-order valence-corrected chi connectivity index (χ0v) is 17.1. The van der Waals surface area contributed by atoms with E-state index in [1.807, 2.05) is 69.3 Å². The molecule has 1 atom stereocenters. The summed E-state index contributed by atoms with van der Waals surface area (Å²) in [5.74, 6) is -0.402. The Bertz CT molecular complexity index is 1030. The van der Waals surface area contributed by atoms with Gasteiger partial charge in [0.1, 0.15) is 5.75 Å². The number of aryl methyl sites for hydroxylation is 3. The quantitative estimate of drug-likeness (QED) is 0.618. The first-order valence-corrected chi connectivity index (χ1v) is 9.53. The highest BCUT2D eigenvalue weighted by atomic mass is 16.6. The highest BCUT2D eigenvalue weighted by molar-refractivity contribution is 5.96. The van der Waals surface area contributed by atoms with Gasteiger partial charge in [0.05, 0.1) is 0 Å². The molecule has 0 saturated carbocycles. The number of nitrogens with one attached hydrogen (secondary N) is 1. The molecular weight excluding hydrogens is 366 g/mol. The van der Waals surface area contributed by atoms with E-state index in [4.69, 9.17) is 9.47 Å². The van der Waals surface area contributed by atoms with Crippen molar-refractivity contribution in [3.63, 3.8) is 0 Å². The summed E-state index contributed by atoms with van der Waals surface area (Å²) in [6.45, 7) is 7.15. The van der Waals surface area contributed by atoms with Gasteiger partial charge in [0.25, 0.3) is 5.91 Å². The Hall–Kier alpha value is -3.34. The summed E-state index contributed by atoms with van der Waals surface area (Å²) in [4.78, 5) is 24.5. The van der Waals surface area contributed by atoms with Crippen LogP contribution >= 0.6 is 0 Å². The molecule has 0 heterocycles. The average Bonchev–Trinajstić information content (AvgIpc) is 2.68. The number of anilines is 1. The summed E-state index contributed by atoms with van der Waals surface area (Å²) in [6, 6.07) is 17.5. The minimum Gasteiger partial charge on any atom is -0.482 e. The van der Waals surface area contributed by atoms with E-state index < -0.39 is 12.1 Å². The van der Waals surface area contributed by atoms with Gasteiger partial charge in [-0.1, -0.05) is 48.0 Å². The van der Waals surface area contributed by atoms with Crippen molar-refractivity contribution in [3.05, 3.63) is 71.3 Å². The number of ether oxygens (including phenoxy) is 2. The van der Waals surface area contributed by atoms with Gasteiger partial charge in [-0.05, 0) is 61.7 Å². The summed E-state index contributed by atoms with van der Waals surface area (Å²) >= 11 is 0. The molecule has 1 unspecified atom stereocenters. The minimum absolute atomic E-state index is 0.265. The SMILES string of the molecule is Cc1cc(C)c(NC(=O)C(C)OC(=O)COc2ccc3ccccc3c2)c(C)c1. The maximum Gasteiger partial charge on any atom is 0.344 e. The van der Waals surface area contributed by atoms with Gasteiger partial charge < -0.3 is 14.8 Å². The molecule has 0 fully saturated rings. The van der Waals surface area contributed by atoms with Crippen molar-refractivity contribution in [2.24, 2.45) is 0 Å². The van der Waals surface area contributed by atoms with E-state index in [1.54, 1.807) is 13.0 Å². The second-order valence-corrected chi connectivity index (χ2v) is 7.19. The van der Waals surface area contributed by atoms with Gasteiger partial charge in [0.15, 0.2) is 12.7 Å². The normalized spacial score (nSPS) is 11.7. The maximum atomic E-state index is 12.4. The van der Waals surface area contributed by atoms with Crippen LogP contribution in [0.25, 0.3) is 10.8 Å². The zero-order chi connectivity index (χ0) is 21.0. The molecule has 0 saturated heterocycles. The van der Waals surface area contributed by atoms with Crippen LogP contribution in [0.1, 0.15) is 23.6 Å². The molecule has 0 aliphatic heterocycles. The first-order valence-electron chi connectivity index (χ1n) is 9.53. The van der Waals surface area contributed by atoms with Crippen LogP contribution in [0.4, 0.5) is 5.69 Å². The Labute approximate surface area is 170 Å². The van der Waals surface area contributed by atoms with Crippen LogP contribution in [0.3, 0.4) is 0 Å². The van der Waals surface area contributed by atoms with Crippen molar-refractivity contribution in [2.45, 2.75) is 33.8 Å². The van der Waals surface area contributed by atoms with Gasteiger partial charge in [0.2, 0.25) is 0 Å². The number of amides is 1. The fourth-order valence-electron chi connectivity index (χ4n) is 3.29. The van der Waals surface area contributed by atoms with Crippen molar-refractivity contribution in [1.82, 2.24) is 0 Å². The monoisotopic (exact) mass is 391 g/mol. The van der Waals surface area contributed by atoms with Gasteiger partial charge in [-0.3, -0.25) is 4.79 Å². The number of benzene rings is 3. The molecule has 3 rings (SSSR count). The highest BCUT2D eigenvalue weighted by Crippen LogP contribution is 2.23. The third-order valence-electron chi connectivity index (χ3n) is 4.68. The molecule has 0 aliphatic carbocycles. The van der Waals surface area contributed by atoms with E-state index in [-0.39, 0.29) is 12.5 Å². The first-order chi connectivity index (χ1) is 13.8. The van der Waals surface area contributed by atoms with Gasteiger partial charge in [-0.25, -0.2) is 4.79 Å². The van der Waals surface area contributed by atoms with Crippen LogP contribution in [-0.2, 0) is 14.3 Å². The van der Waals surface area contributed by atoms with Crippen molar-refractivity contribution < 1.29 is 19.1 Å². The van der Waals surface area contributed by atoms with E-state index in [2.05, 4.69) is 5.32 Å². The zero-order valence-electron chi connectivity index (χ0n) is 17.1. The molecule has 0 radical (unpaired) electrons. The summed E-state index contributed by atoms with van der Waals surface area (Å²) in [6.07, 6.45) is -0.928. The molecule has 3 aromatic rings. The number of hydrogen-bond acceptors (Lipinski definition) is 4.